The first-order valence-corrected chi connectivity index (χ1v) is 10.9. The summed E-state index contributed by atoms with van der Waals surface area (Å²) in [5.41, 5.74) is -1.55. The van der Waals surface area contributed by atoms with Crippen LogP contribution in [0.1, 0.15) is 38.7 Å². The fraction of sp³-hybridized carbons (Fsp3) is 0.522. The molecule has 4 rings (SSSR count). The number of hydrogen-bond donors (Lipinski definition) is 2. The third-order valence-electron chi connectivity index (χ3n) is 6.56. The third kappa shape index (κ3) is 4.67. The number of carbonyl (C=O) groups is 1. The van der Waals surface area contributed by atoms with Crippen molar-refractivity contribution in [2.24, 2.45) is 5.92 Å². The first kappa shape index (κ1) is 22.4. The number of aromatic amines is 1. The van der Waals surface area contributed by atoms with E-state index in [9.17, 15) is 18.4 Å². The SMILES string of the molecule is C[C@@H](C(=O)Nc1ccc(OCC2CC2)cn1)N1CCC(F)(F)[C@@](C)(c2ccc(=O)[nH]c2)C1. The van der Waals surface area contributed by atoms with Crippen LogP contribution in [-0.4, -0.2) is 52.4 Å². The molecule has 2 aromatic heterocycles. The van der Waals surface area contributed by atoms with Crippen LogP contribution in [0.15, 0.2) is 41.5 Å². The number of halogens is 2. The molecule has 0 bridgehead atoms. The van der Waals surface area contributed by atoms with E-state index in [-0.39, 0.29) is 31.0 Å². The summed E-state index contributed by atoms with van der Waals surface area (Å²) in [7, 11) is 0. The lowest BCUT2D eigenvalue weighted by Gasteiger charge is -2.47. The first-order chi connectivity index (χ1) is 15.2. The smallest absolute Gasteiger partial charge is 0.259 e. The van der Waals surface area contributed by atoms with Crippen LogP contribution in [0.3, 0.4) is 0 Å². The summed E-state index contributed by atoms with van der Waals surface area (Å²) in [4.78, 5) is 32.6. The van der Waals surface area contributed by atoms with Gasteiger partial charge in [-0.15, -0.1) is 0 Å². The molecule has 0 spiro atoms. The summed E-state index contributed by atoms with van der Waals surface area (Å²) >= 11 is 0. The summed E-state index contributed by atoms with van der Waals surface area (Å²) in [6, 6.07) is 5.46. The molecule has 2 fully saturated rings. The van der Waals surface area contributed by atoms with Gasteiger partial charge in [0, 0.05) is 31.8 Å². The minimum absolute atomic E-state index is 0.0258. The van der Waals surface area contributed by atoms with Gasteiger partial charge >= 0.3 is 0 Å². The molecule has 9 heteroatoms. The molecular weight excluding hydrogens is 418 g/mol. The molecular formula is C23H28F2N4O3. The van der Waals surface area contributed by atoms with Crippen molar-refractivity contribution >= 4 is 11.7 Å². The molecule has 1 amide bonds. The minimum atomic E-state index is -2.98. The summed E-state index contributed by atoms with van der Waals surface area (Å²) in [5.74, 6) is -1.63. The Hall–Kier alpha value is -2.81. The number of hydrogen-bond acceptors (Lipinski definition) is 5. The van der Waals surface area contributed by atoms with E-state index in [4.69, 9.17) is 4.74 Å². The van der Waals surface area contributed by atoms with E-state index in [0.717, 1.165) is 0 Å². The van der Waals surface area contributed by atoms with E-state index in [0.29, 0.717) is 29.7 Å². The Balaban J connectivity index is 1.41. The largest absolute Gasteiger partial charge is 0.492 e. The van der Waals surface area contributed by atoms with Gasteiger partial charge in [0.25, 0.3) is 5.92 Å². The number of ether oxygens (including phenoxy) is 1. The fourth-order valence-electron chi connectivity index (χ4n) is 3.98. The van der Waals surface area contributed by atoms with Gasteiger partial charge in [-0.1, -0.05) is 6.07 Å². The Morgan fingerprint density at radius 1 is 1.34 bits per heavy atom. The standard InChI is InChI=1S/C23H28F2N4O3/c1-15(21(31)28-19-7-6-18(12-26-19)32-13-16-3-4-16)29-10-9-23(24,25)22(2,14-29)17-5-8-20(30)27-11-17/h5-8,11-12,15-16H,3-4,9-10,13-14H2,1-2H3,(H,27,30)(H,26,28,31)/t15-,22+/m0/s1. The Morgan fingerprint density at radius 2 is 2.12 bits per heavy atom. The lowest BCUT2D eigenvalue weighted by atomic mass is 9.73. The average Bonchev–Trinajstić information content (AvgIpc) is 3.60. The summed E-state index contributed by atoms with van der Waals surface area (Å²) in [6.07, 6.45) is 4.91. The van der Waals surface area contributed by atoms with E-state index in [1.165, 1.54) is 38.1 Å². The van der Waals surface area contributed by atoms with Gasteiger partial charge in [-0.3, -0.25) is 14.5 Å². The number of likely N-dealkylation sites (tertiary alicyclic amines) is 1. The number of aromatic nitrogens is 2. The molecule has 172 valence electrons. The number of nitrogens with one attached hydrogen (secondary N) is 2. The fourth-order valence-corrected chi connectivity index (χ4v) is 3.98. The Kier molecular flexibility index (Phi) is 6.03. The molecule has 1 aliphatic heterocycles. The van der Waals surface area contributed by atoms with Crippen molar-refractivity contribution < 1.29 is 18.3 Å². The number of anilines is 1. The van der Waals surface area contributed by atoms with Gasteiger partial charge in [-0.2, -0.15) is 0 Å². The number of pyridine rings is 2. The molecule has 2 N–H and O–H groups in total. The molecule has 0 radical (unpaired) electrons. The summed E-state index contributed by atoms with van der Waals surface area (Å²) in [5, 5.41) is 2.76. The normalized spacial score (nSPS) is 24.0. The van der Waals surface area contributed by atoms with Crippen molar-refractivity contribution in [3.63, 3.8) is 0 Å². The van der Waals surface area contributed by atoms with Crippen molar-refractivity contribution in [1.29, 1.82) is 0 Å². The Labute approximate surface area is 185 Å². The van der Waals surface area contributed by atoms with Crippen molar-refractivity contribution in [2.45, 2.75) is 50.5 Å². The molecule has 0 unspecified atom stereocenters. The van der Waals surface area contributed by atoms with E-state index in [1.807, 2.05) is 0 Å². The highest BCUT2D eigenvalue weighted by Gasteiger charge is 2.55. The van der Waals surface area contributed by atoms with E-state index < -0.39 is 17.4 Å². The number of nitrogens with zero attached hydrogens (tertiary/aromatic N) is 2. The second-order valence-corrected chi connectivity index (χ2v) is 9.00. The molecule has 7 nitrogen and oxygen atoms in total. The van der Waals surface area contributed by atoms with Crippen LogP contribution in [0.25, 0.3) is 0 Å². The van der Waals surface area contributed by atoms with Gasteiger partial charge in [0.2, 0.25) is 11.5 Å². The maximum atomic E-state index is 14.9. The number of alkyl halides is 2. The van der Waals surface area contributed by atoms with Crippen LogP contribution in [-0.2, 0) is 10.2 Å². The van der Waals surface area contributed by atoms with Crippen LogP contribution in [0.5, 0.6) is 5.75 Å². The highest BCUT2D eigenvalue weighted by Crippen LogP contribution is 2.45. The van der Waals surface area contributed by atoms with Crippen LogP contribution in [0, 0.1) is 5.92 Å². The van der Waals surface area contributed by atoms with Crippen molar-refractivity contribution in [3.8, 4) is 5.75 Å². The Morgan fingerprint density at radius 3 is 2.75 bits per heavy atom. The number of H-pyrrole nitrogens is 1. The lowest BCUT2D eigenvalue weighted by Crippen LogP contribution is -2.60. The summed E-state index contributed by atoms with van der Waals surface area (Å²) in [6.45, 7) is 3.90. The molecule has 1 saturated carbocycles. The number of carbonyl (C=O) groups excluding carboxylic acids is 1. The third-order valence-corrected chi connectivity index (χ3v) is 6.56. The number of amides is 1. The van der Waals surface area contributed by atoms with E-state index in [2.05, 4.69) is 15.3 Å². The van der Waals surface area contributed by atoms with Crippen LogP contribution in [0.4, 0.5) is 14.6 Å². The van der Waals surface area contributed by atoms with Crippen molar-refractivity contribution in [2.75, 3.05) is 25.0 Å². The zero-order valence-electron chi connectivity index (χ0n) is 18.2. The number of piperidine rings is 1. The second kappa shape index (κ2) is 8.61. The Bertz CT molecular complexity index is 1000. The molecule has 1 aliphatic carbocycles. The molecule has 2 aliphatic rings. The summed E-state index contributed by atoms with van der Waals surface area (Å²) < 4.78 is 35.5. The molecule has 2 aromatic rings. The van der Waals surface area contributed by atoms with Gasteiger partial charge in [-0.05, 0) is 50.3 Å². The zero-order chi connectivity index (χ0) is 22.9. The number of rotatable bonds is 7. The lowest BCUT2D eigenvalue weighted by molar-refractivity contribution is -0.137. The van der Waals surface area contributed by atoms with Crippen molar-refractivity contribution in [1.82, 2.24) is 14.9 Å². The molecule has 2 atom stereocenters. The monoisotopic (exact) mass is 446 g/mol. The average molecular weight is 446 g/mol. The van der Waals surface area contributed by atoms with E-state index >= 15 is 0 Å². The van der Waals surface area contributed by atoms with Gasteiger partial charge in [0.15, 0.2) is 0 Å². The minimum Gasteiger partial charge on any atom is -0.492 e. The maximum Gasteiger partial charge on any atom is 0.259 e. The second-order valence-electron chi connectivity index (χ2n) is 9.00. The highest BCUT2D eigenvalue weighted by molar-refractivity contribution is 5.93. The maximum absolute atomic E-state index is 14.9. The predicted octanol–water partition coefficient (Wildman–Crippen LogP) is 3.18. The molecule has 32 heavy (non-hydrogen) atoms. The molecule has 3 heterocycles. The molecule has 1 saturated heterocycles. The quantitative estimate of drug-likeness (QED) is 0.682. The van der Waals surface area contributed by atoms with E-state index in [1.54, 1.807) is 30.2 Å². The van der Waals surface area contributed by atoms with Crippen LogP contribution < -0.4 is 15.6 Å². The van der Waals surface area contributed by atoms with Gasteiger partial charge in [-0.25, -0.2) is 13.8 Å². The van der Waals surface area contributed by atoms with Crippen molar-refractivity contribution in [3.05, 3.63) is 52.6 Å². The predicted molar refractivity (Wildman–Crippen MR) is 116 cm³/mol. The van der Waals surface area contributed by atoms with Crippen LogP contribution in [0.2, 0.25) is 0 Å². The van der Waals surface area contributed by atoms with Gasteiger partial charge in [0.05, 0.1) is 24.3 Å². The topological polar surface area (TPSA) is 87.3 Å². The molecule has 0 aromatic carbocycles. The van der Waals surface area contributed by atoms with Gasteiger partial charge in [0.1, 0.15) is 11.6 Å². The highest BCUT2D eigenvalue weighted by atomic mass is 19.3. The zero-order valence-corrected chi connectivity index (χ0v) is 18.2. The van der Waals surface area contributed by atoms with Crippen LogP contribution >= 0.6 is 0 Å². The van der Waals surface area contributed by atoms with Gasteiger partial charge < -0.3 is 15.0 Å². The first-order valence-electron chi connectivity index (χ1n) is 10.9.